The van der Waals surface area contributed by atoms with Crippen LogP contribution in [-0.4, -0.2) is 18.0 Å². The van der Waals surface area contributed by atoms with Gasteiger partial charge in [-0.05, 0) is 57.0 Å². The first kappa shape index (κ1) is 14.3. The van der Waals surface area contributed by atoms with Crippen molar-refractivity contribution in [2.24, 2.45) is 5.73 Å². The van der Waals surface area contributed by atoms with Crippen molar-refractivity contribution in [1.82, 2.24) is 4.90 Å². The molecule has 0 amide bonds. The van der Waals surface area contributed by atoms with Crippen molar-refractivity contribution in [2.75, 3.05) is 7.05 Å². The first-order chi connectivity index (χ1) is 8.99. The predicted molar refractivity (Wildman–Crippen MR) is 80.4 cm³/mol. The quantitative estimate of drug-likeness (QED) is 0.910. The average molecular weight is 278 g/mol. The van der Waals surface area contributed by atoms with E-state index in [0.717, 1.165) is 18.1 Å². The fourth-order valence-corrected chi connectivity index (χ4v) is 3.65. The summed E-state index contributed by atoms with van der Waals surface area (Å²) in [5, 5.41) is 2.13. The van der Waals surface area contributed by atoms with Crippen LogP contribution in [0.3, 0.4) is 0 Å². The zero-order valence-corrected chi connectivity index (χ0v) is 12.8. The van der Waals surface area contributed by atoms with E-state index in [-0.39, 0.29) is 12.1 Å². The summed E-state index contributed by atoms with van der Waals surface area (Å²) >= 11 is 1.78. The van der Waals surface area contributed by atoms with E-state index in [1.165, 1.54) is 10.4 Å². The number of thiophene rings is 1. The smallest absolute Gasteiger partial charge is 0.118 e. The third-order valence-electron chi connectivity index (χ3n) is 3.34. The van der Waals surface area contributed by atoms with Crippen LogP contribution in [0.15, 0.2) is 28.0 Å². The Morgan fingerprint density at radius 1 is 1.32 bits per heavy atom. The molecule has 2 atom stereocenters. The summed E-state index contributed by atoms with van der Waals surface area (Å²) in [6.07, 6.45) is 0. The lowest BCUT2D eigenvalue weighted by atomic mass is 10.0. The lowest BCUT2D eigenvalue weighted by Gasteiger charge is -2.30. The monoisotopic (exact) mass is 278 g/mol. The van der Waals surface area contributed by atoms with Gasteiger partial charge in [0.25, 0.3) is 0 Å². The van der Waals surface area contributed by atoms with Crippen molar-refractivity contribution in [3.63, 3.8) is 0 Å². The molecular weight excluding hydrogens is 256 g/mol. The Morgan fingerprint density at radius 2 is 2.05 bits per heavy atom. The average Bonchev–Trinajstić information content (AvgIpc) is 2.89. The van der Waals surface area contributed by atoms with Crippen molar-refractivity contribution in [3.05, 3.63) is 45.5 Å². The van der Waals surface area contributed by atoms with Crippen LogP contribution in [0.1, 0.15) is 34.9 Å². The fraction of sp³-hybridized carbons (Fsp3) is 0.467. The molecule has 0 aromatic carbocycles. The molecule has 0 aliphatic heterocycles. The lowest BCUT2D eigenvalue weighted by molar-refractivity contribution is 0.197. The molecule has 2 rings (SSSR count). The Bertz CT molecular complexity index is 530. The maximum Gasteiger partial charge on any atom is 0.118 e. The topological polar surface area (TPSA) is 42.4 Å². The first-order valence-electron chi connectivity index (χ1n) is 6.54. The number of hydrogen-bond acceptors (Lipinski definition) is 4. The minimum absolute atomic E-state index is 0.0819. The van der Waals surface area contributed by atoms with Gasteiger partial charge < -0.3 is 10.2 Å². The van der Waals surface area contributed by atoms with Crippen molar-refractivity contribution in [3.8, 4) is 0 Å². The second-order valence-electron chi connectivity index (χ2n) is 5.20. The van der Waals surface area contributed by atoms with E-state index in [0.29, 0.717) is 0 Å². The van der Waals surface area contributed by atoms with E-state index in [4.69, 9.17) is 10.2 Å². The van der Waals surface area contributed by atoms with Crippen LogP contribution in [0, 0.1) is 13.8 Å². The van der Waals surface area contributed by atoms with E-state index in [1.54, 1.807) is 11.3 Å². The van der Waals surface area contributed by atoms with Crippen molar-refractivity contribution in [1.29, 1.82) is 0 Å². The molecule has 0 saturated heterocycles. The lowest BCUT2D eigenvalue weighted by Crippen LogP contribution is -2.36. The molecule has 4 heteroatoms. The maximum absolute atomic E-state index is 6.19. The van der Waals surface area contributed by atoms with E-state index in [1.807, 2.05) is 19.1 Å². The van der Waals surface area contributed by atoms with E-state index in [2.05, 4.69) is 37.2 Å². The van der Waals surface area contributed by atoms with Gasteiger partial charge in [-0.15, -0.1) is 11.3 Å². The highest BCUT2D eigenvalue weighted by molar-refractivity contribution is 7.10. The Morgan fingerprint density at radius 3 is 2.53 bits per heavy atom. The summed E-state index contributed by atoms with van der Waals surface area (Å²) in [6, 6.07) is 6.50. The number of likely N-dealkylation sites (N-methyl/N-ethyl adjacent to an activating group) is 1. The zero-order valence-electron chi connectivity index (χ0n) is 12.0. The van der Waals surface area contributed by atoms with Crippen LogP contribution in [0.5, 0.6) is 0 Å². The van der Waals surface area contributed by atoms with Gasteiger partial charge >= 0.3 is 0 Å². The minimum atomic E-state index is 0.0819. The summed E-state index contributed by atoms with van der Waals surface area (Å²) in [4.78, 5) is 3.61. The molecule has 0 spiro atoms. The molecule has 104 valence electrons. The number of aryl methyl sites for hydroxylation is 2. The Kier molecular flexibility index (Phi) is 4.45. The van der Waals surface area contributed by atoms with Gasteiger partial charge in [0, 0.05) is 10.9 Å². The molecule has 0 fully saturated rings. The highest BCUT2D eigenvalue weighted by atomic mass is 32.1. The van der Waals surface area contributed by atoms with E-state index >= 15 is 0 Å². The molecule has 19 heavy (non-hydrogen) atoms. The van der Waals surface area contributed by atoms with Crippen LogP contribution in [0.25, 0.3) is 0 Å². The highest BCUT2D eigenvalue weighted by Gasteiger charge is 2.24. The molecule has 2 unspecified atom stereocenters. The van der Waals surface area contributed by atoms with E-state index < -0.39 is 0 Å². The van der Waals surface area contributed by atoms with Crippen molar-refractivity contribution >= 4 is 11.3 Å². The van der Waals surface area contributed by atoms with Gasteiger partial charge in [-0.1, -0.05) is 0 Å². The second-order valence-corrected chi connectivity index (χ2v) is 6.15. The number of nitrogens with two attached hydrogens (primary N) is 1. The molecule has 0 bridgehead atoms. The van der Waals surface area contributed by atoms with Crippen molar-refractivity contribution < 1.29 is 4.42 Å². The zero-order chi connectivity index (χ0) is 14.0. The van der Waals surface area contributed by atoms with Gasteiger partial charge in [-0.25, -0.2) is 0 Å². The Hall–Kier alpha value is -1.10. The minimum Gasteiger partial charge on any atom is -0.465 e. The first-order valence-corrected chi connectivity index (χ1v) is 7.42. The van der Waals surface area contributed by atoms with E-state index in [9.17, 15) is 0 Å². The van der Waals surface area contributed by atoms with Crippen LogP contribution in [0.4, 0.5) is 0 Å². The van der Waals surface area contributed by atoms with Crippen LogP contribution < -0.4 is 5.73 Å². The van der Waals surface area contributed by atoms with Gasteiger partial charge in [-0.2, -0.15) is 0 Å². The largest absolute Gasteiger partial charge is 0.465 e. The third-order valence-corrected chi connectivity index (χ3v) is 4.43. The normalized spacial score (nSPS) is 14.8. The van der Waals surface area contributed by atoms with Gasteiger partial charge in [0.1, 0.15) is 11.5 Å². The molecule has 0 radical (unpaired) electrons. The molecule has 2 aromatic heterocycles. The summed E-state index contributed by atoms with van der Waals surface area (Å²) in [7, 11) is 2.10. The molecule has 2 aromatic rings. The SMILES string of the molecule is Cc1ccc(CN(C)C(c2sccc2C)C(C)N)o1. The molecule has 0 aliphatic carbocycles. The van der Waals surface area contributed by atoms with Crippen molar-refractivity contribution in [2.45, 2.75) is 39.4 Å². The predicted octanol–water partition coefficient (Wildman–Crippen LogP) is 3.48. The fourth-order valence-electron chi connectivity index (χ4n) is 2.44. The number of rotatable bonds is 5. The Balaban J connectivity index is 2.18. The molecule has 2 heterocycles. The summed E-state index contributed by atoms with van der Waals surface area (Å²) in [5.41, 5.74) is 7.51. The van der Waals surface area contributed by atoms with Gasteiger partial charge in [0.15, 0.2) is 0 Å². The molecular formula is C15H22N2OS. The highest BCUT2D eigenvalue weighted by Crippen LogP contribution is 2.31. The summed E-state index contributed by atoms with van der Waals surface area (Å²) in [6.45, 7) is 6.95. The Labute approximate surface area is 119 Å². The van der Waals surface area contributed by atoms with Crippen LogP contribution >= 0.6 is 11.3 Å². The van der Waals surface area contributed by atoms with Crippen LogP contribution in [0.2, 0.25) is 0 Å². The second kappa shape index (κ2) is 5.90. The molecule has 2 N–H and O–H groups in total. The summed E-state index contributed by atoms with van der Waals surface area (Å²) < 4.78 is 5.65. The standard InChI is InChI=1S/C15H22N2OS/c1-10-7-8-19-15(10)14(12(3)16)17(4)9-13-6-5-11(2)18-13/h5-8,12,14H,9,16H2,1-4H3. The van der Waals surface area contributed by atoms with Gasteiger partial charge in [0.05, 0.1) is 12.6 Å². The number of hydrogen-bond donors (Lipinski definition) is 1. The van der Waals surface area contributed by atoms with Crippen LogP contribution in [-0.2, 0) is 6.54 Å². The number of furan rings is 1. The molecule has 0 aliphatic rings. The van der Waals surface area contributed by atoms with Gasteiger partial charge in [0.2, 0.25) is 0 Å². The maximum atomic E-state index is 6.19. The molecule has 0 saturated carbocycles. The number of nitrogens with zero attached hydrogens (tertiary/aromatic N) is 1. The third kappa shape index (κ3) is 3.26. The molecule has 3 nitrogen and oxygen atoms in total. The van der Waals surface area contributed by atoms with Gasteiger partial charge in [-0.3, -0.25) is 4.90 Å². The summed E-state index contributed by atoms with van der Waals surface area (Å²) in [5.74, 6) is 1.94.